The number of hydrogen-bond acceptors (Lipinski definition) is 7. The Balaban J connectivity index is 0.000000229. The van der Waals surface area contributed by atoms with Gasteiger partial charge in [-0.3, -0.25) is 4.79 Å². The minimum absolute atomic E-state index is 0. The molecule has 1 aromatic heterocycles. The molecule has 1 aliphatic heterocycles. The van der Waals surface area contributed by atoms with Crippen LogP contribution in [0.1, 0.15) is 66.6 Å². The summed E-state index contributed by atoms with van der Waals surface area (Å²) in [5, 5.41) is 11.4. The van der Waals surface area contributed by atoms with E-state index >= 15 is 0 Å². The molecule has 2 heterocycles. The summed E-state index contributed by atoms with van der Waals surface area (Å²) >= 11 is 0. The molecule has 1 saturated heterocycles. The first-order valence-electron chi connectivity index (χ1n) is 13.3. The molecule has 0 radical (unpaired) electrons. The molecule has 1 aromatic carbocycles. The lowest BCUT2D eigenvalue weighted by Crippen LogP contribution is -2.43. The summed E-state index contributed by atoms with van der Waals surface area (Å²) in [6.45, 7) is 7.30. The van der Waals surface area contributed by atoms with Crippen LogP contribution in [0.2, 0.25) is 0 Å². The van der Waals surface area contributed by atoms with Crippen molar-refractivity contribution in [3.8, 4) is 17.4 Å². The molecule has 5 rings (SSSR count). The summed E-state index contributed by atoms with van der Waals surface area (Å²) in [6, 6.07) is 10.0. The number of oxazole rings is 1. The fraction of sp³-hybridized carbons (Fsp3) is 0.607. The van der Waals surface area contributed by atoms with Crippen LogP contribution in [-0.2, 0) is 20.0 Å². The molecular formula is C28H38F2N4O4S. The van der Waals surface area contributed by atoms with E-state index in [9.17, 15) is 22.0 Å². The van der Waals surface area contributed by atoms with Gasteiger partial charge in [-0.1, -0.05) is 20.8 Å². The second-order valence-corrected chi connectivity index (χ2v) is 14.1. The largest absolute Gasteiger partial charge is 0.440 e. The van der Waals surface area contributed by atoms with Gasteiger partial charge < -0.3 is 14.6 Å². The molecule has 11 heteroatoms. The quantitative estimate of drug-likeness (QED) is 0.549. The molecule has 2 saturated carbocycles. The Morgan fingerprint density at radius 2 is 1.82 bits per heavy atom. The highest BCUT2D eigenvalue weighted by atomic mass is 32.2. The van der Waals surface area contributed by atoms with Gasteiger partial charge in [-0.2, -0.15) is 5.26 Å². The predicted octanol–water partition coefficient (Wildman–Crippen LogP) is 5.10. The van der Waals surface area contributed by atoms with Crippen LogP contribution >= 0.6 is 0 Å². The number of halogens is 2. The first-order chi connectivity index (χ1) is 18.2. The molecule has 1 amide bonds. The van der Waals surface area contributed by atoms with Gasteiger partial charge in [-0.15, -0.1) is 0 Å². The van der Waals surface area contributed by atoms with Gasteiger partial charge in [0.1, 0.15) is 5.54 Å². The van der Waals surface area contributed by atoms with Crippen LogP contribution in [0.15, 0.2) is 34.9 Å². The molecule has 0 bridgehead atoms. The van der Waals surface area contributed by atoms with Crippen LogP contribution in [0.4, 0.5) is 14.5 Å². The molecule has 1 atom stereocenters. The number of alkyl halides is 2. The van der Waals surface area contributed by atoms with Crippen molar-refractivity contribution in [1.29, 1.82) is 5.26 Å². The predicted molar refractivity (Wildman–Crippen MR) is 146 cm³/mol. The average molecular weight is 565 g/mol. The smallest absolute Gasteiger partial charge is 0.248 e. The topological polar surface area (TPSA) is 116 Å². The summed E-state index contributed by atoms with van der Waals surface area (Å²) in [6.07, 6.45) is 3.41. The highest BCUT2D eigenvalue weighted by Gasteiger charge is 2.47. The second kappa shape index (κ2) is 10.9. The minimum Gasteiger partial charge on any atom is -0.440 e. The lowest BCUT2D eigenvalue weighted by atomic mass is 9.86. The molecule has 2 aromatic rings. The van der Waals surface area contributed by atoms with E-state index in [1.807, 2.05) is 30.3 Å². The summed E-state index contributed by atoms with van der Waals surface area (Å²) < 4.78 is 55.1. The van der Waals surface area contributed by atoms with E-state index < -0.39 is 27.2 Å². The molecule has 214 valence electrons. The highest BCUT2D eigenvalue weighted by molar-refractivity contribution is 7.91. The van der Waals surface area contributed by atoms with Crippen LogP contribution in [0, 0.1) is 17.2 Å². The van der Waals surface area contributed by atoms with E-state index in [1.165, 1.54) is 0 Å². The number of nitrogens with zero attached hydrogens (tertiary/aromatic N) is 3. The Labute approximate surface area is 230 Å². The van der Waals surface area contributed by atoms with Crippen LogP contribution in [0.3, 0.4) is 0 Å². The van der Waals surface area contributed by atoms with E-state index in [0.717, 1.165) is 22.9 Å². The molecular weight excluding hydrogens is 526 g/mol. The summed E-state index contributed by atoms with van der Waals surface area (Å²) in [4.78, 5) is 18.2. The fourth-order valence-corrected chi connectivity index (χ4v) is 5.89. The Hall–Kier alpha value is -3.00. The van der Waals surface area contributed by atoms with Gasteiger partial charge >= 0.3 is 0 Å². The van der Waals surface area contributed by atoms with E-state index in [4.69, 9.17) is 9.68 Å². The SMILES string of the molecule is CC(C)(C)c1ncc(-c2ccc(N3CCS(=O)(=O)CC3)cc2)o1.N#CC1(NC(=O)[C@H]2CCCC(F)(F)C2)CC1.[HH]. The molecule has 3 aliphatic rings. The van der Waals surface area contributed by atoms with Crippen molar-refractivity contribution < 1.29 is 27.8 Å². The van der Waals surface area contributed by atoms with Crippen molar-refractivity contribution in [2.45, 2.75) is 76.2 Å². The van der Waals surface area contributed by atoms with Gasteiger partial charge in [0.05, 0.1) is 23.8 Å². The highest BCUT2D eigenvalue weighted by Crippen LogP contribution is 2.39. The Bertz CT molecular complexity index is 1320. The lowest BCUT2D eigenvalue weighted by Gasteiger charge is -2.28. The molecule has 0 spiro atoms. The Kier molecular flexibility index (Phi) is 8.08. The molecule has 0 unspecified atom stereocenters. The third kappa shape index (κ3) is 7.56. The van der Waals surface area contributed by atoms with Crippen molar-refractivity contribution in [3.63, 3.8) is 0 Å². The Morgan fingerprint density at radius 3 is 2.33 bits per heavy atom. The number of amides is 1. The van der Waals surface area contributed by atoms with E-state index in [1.54, 1.807) is 6.20 Å². The number of aromatic nitrogens is 1. The van der Waals surface area contributed by atoms with Gasteiger partial charge in [0, 0.05) is 49.9 Å². The molecule has 2 aliphatic carbocycles. The normalized spacial score (nSPS) is 23.1. The number of nitrogens with one attached hydrogen (secondary N) is 1. The number of sulfone groups is 1. The number of benzene rings is 1. The lowest BCUT2D eigenvalue weighted by molar-refractivity contribution is -0.132. The maximum Gasteiger partial charge on any atom is 0.248 e. The van der Waals surface area contributed by atoms with Crippen LogP contribution in [0.25, 0.3) is 11.3 Å². The maximum absolute atomic E-state index is 13.1. The molecule has 3 fully saturated rings. The third-order valence-electron chi connectivity index (χ3n) is 7.35. The van der Waals surface area contributed by atoms with E-state index in [2.05, 4.69) is 36.0 Å². The zero-order chi connectivity index (χ0) is 28.5. The van der Waals surface area contributed by atoms with Crippen molar-refractivity contribution in [2.24, 2.45) is 5.92 Å². The standard InChI is InChI=1S/C17H22N2O3S.C11H14F2N2O.H2/c1-17(2,3)16-18-12-15(22-16)13-4-6-14(7-5-13)19-8-10-23(20,21)11-9-19;12-11(13)3-1-2-8(6-11)9(16)15-10(7-14)4-5-10;/h4-7,12H,8-11H2,1-3H3;8H,1-6H2,(H,15,16);1H/t;8-;/m.0./s1. The van der Waals surface area contributed by atoms with Gasteiger partial charge in [0.25, 0.3) is 0 Å². The van der Waals surface area contributed by atoms with E-state index in [0.29, 0.717) is 38.8 Å². The zero-order valence-electron chi connectivity index (χ0n) is 22.7. The van der Waals surface area contributed by atoms with Gasteiger partial charge in [0.2, 0.25) is 11.8 Å². The van der Waals surface area contributed by atoms with Crippen LogP contribution in [-0.4, -0.2) is 55.4 Å². The number of anilines is 1. The van der Waals surface area contributed by atoms with Crippen molar-refractivity contribution in [2.75, 3.05) is 29.5 Å². The van der Waals surface area contributed by atoms with Crippen LogP contribution in [0.5, 0.6) is 0 Å². The molecule has 8 nitrogen and oxygen atoms in total. The first-order valence-corrected chi connectivity index (χ1v) is 15.2. The van der Waals surface area contributed by atoms with Crippen molar-refractivity contribution in [1.82, 2.24) is 10.3 Å². The molecule has 1 N–H and O–H groups in total. The summed E-state index contributed by atoms with van der Waals surface area (Å²) in [5.74, 6) is -1.80. The number of carbonyl (C=O) groups excluding carboxylic acids is 1. The van der Waals surface area contributed by atoms with E-state index in [-0.39, 0.29) is 37.1 Å². The second-order valence-electron chi connectivity index (χ2n) is 11.8. The summed E-state index contributed by atoms with van der Waals surface area (Å²) in [7, 11) is -2.85. The maximum atomic E-state index is 13.1. The van der Waals surface area contributed by atoms with Crippen molar-refractivity contribution >= 4 is 21.4 Å². The minimum atomic E-state index is -2.85. The molecule has 39 heavy (non-hydrogen) atoms. The Morgan fingerprint density at radius 1 is 1.18 bits per heavy atom. The third-order valence-corrected chi connectivity index (χ3v) is 8.96. The van der Waals surface area contributed by atoms with Gasteiger partial charge in [0.15, 0.2) is 21.5 Å². The fourth-order valence-electron chi connectivity index (χ4n) is 4.68. The number of rotatable bonds is 4. The number of carbonyl (C=O) groups is 1. The number of nitriles is 1. The van der Waals surface area contributed by atoms with Gasteiger partial charge in [-0.05, 0) is 49.9 Å². The van der Waals surface area contributed by atoms with Gasteiger partial charge in [-0.25, -0.2) is 22.2 Å². The number of hydrogen-bond donors (Lipinski definition) is 1. The van der Waals surface area contributed by atoms with Crippen LogP contribution < -0.4 is 10.2 Å². The zero-order valence-corrected chi connectivity index (χ0v) is 23.5. The first kappa shape index (κ1) is 29.0. The summed E-state index contributed by atoms with van der Waals surface area (Å²) in [5.41, 5.74) is 1.15. The van der Waals surface area contributed by atoms with Crippen molar-refractivity contribution in [3.05, 3.63) is 36.4 Å². The average Bonchev–Trinajstić information content (AvgIpc) is 3.45. The monoisotopic (exact) mass is 564 g/mol.